The van der Waals surface area contributed by atoms with E-state index in [1.165, 1.54) is 0 Å². The maximum absolute atomic E-state index is 12.4. The highest BCUT2D eigenvalue weighted by atomic mass is 35.5. The third-order valence-electron chi connectivity index (χ3n) is 1.81. The van der Waals surface area contributed by atoms with Gasteiger partial charge in [-0.25, -0.2) is 13.8 Å². The van der Waals surface area contributed by atoms with Crippen LogP contribution in [0.3, 0.4) is 0 Å². The molecule has 0 radical (unpaired) electrons. The second-order valence-corrected chi connectivity index (χ2v) is 3.28. The molecule has 0 fully saturated rings. The van der Waals surface area contributed by atoms with Gasteiger partial charge in [0, 0.05) is 6.07 Å². The summed E-state index contributed by atoms with van der Waals surface area (Å²) in [5.74, 6) is -1.11. The van der Waals surface area contributed by atoms with Crippen molar-refractivity contribution >= 4 is 17.6 Å². The lowest BCUT2D eigenvalue weighted by Gasteiger charge is -2.07. The first-order valence-electron chi connectivity index (χ1n) is 4.19. The van der Waals surface area contributed by atoms with Gasteiger partial charge in [0.1, 0.15) is 11.4 Å². The first kappa shape index (κ1) is 12.6. The van der Waals surface area contributed by atoms with Gasteiger partial charge in [-0.2, -0.15) is 0 Å². The molecule has 0 saturated heterocycles. The Morgan fingerprint density at radius 1 is 1.69 bits per heavy atom. The number of aromatic nitrogens is 1. The number of rotatable bonds is 3. The van der Waals surface area contributed by atoms with Gasteiger partial charge < -0.3 is 9.84 Å². The summed E-state index contributed by atoms with van der Waals surface area (Å²) in [6.45, 7) is 0. The molecule has 0 aliphatic carbocycles. The van der Waals surface area contributed by atoms with Gasteiger partial charge in [-0.1, -0.05) is 11.6 Å². The zero-order valence-electron chi connectivity index (χ0n) is 8.21. The van der Waals surface area contributed by atoms with Crippen LogP contribution in [-0.4, -0.2) is 23.2 Å². The molecule has 1 N–H and O–H groups in total. The van der Waals surface area contributed by atoms with Gasteiger partial charge in [-0.15, -0.1) is 0 Å². The molecule has 16 heavy (non-hydrogen) atoms. The minimum Gasteiger partial charge on any atom is -0.506 e. The summed E-state index contributed by atoms with van der Waals surface area (Å²) in [5.41, 5.74) is -0.857. The maximum Gasteiger partial charge on any atom is 0.311 e. The van der Waals surface area contributed by atoms with Crippen LogP contribution in [0.15, 0.2) is 6.07 Å². The summed E-state index contributed by atoms with van der Waals surface area (Å²) in [4.78, 5) is 14.3. The second-order valence-electron chi connectivity index (χ2n) is 2.87. The summed E-state index contributed by atoms with van der Waals surface area (Å²) in [5, 5.41) is 9.00. The van der Waals surface area contributed by atoms with E-state index in [0.29, 0.717) is 0 Å². The molecule has 0 atom stereocenters. The Morgan fingerprint density at radius 2 is 2.31 bits per heavy atom. The lowest BCUT2D eigenvalue weighted by molar-refractivity contribution is -0.139. The van der Waals surface area contributed by atoms with Gasteiger partial charge in [0.15, 0.2) is 0 Å². The van der Waals surface area contributed by atoms with Crippen LogP contribution in [0.1, 0.15) is 17.8 Å². The van der Waals surface area contributed by atoms with E-state index >= 15 is 0 Å². The van der Waals surface area contributed by atoms with E-state index in [1.54, 1.807) is 0 Å². The Labute approximate surface area is 94.8 Å². The molecule has 88 valence electrons. The minimum absolute atomic E-state index is 0.188. The van der Waals surface area contributed by atoms with Crippen molar-refractivity contribution in [1.29, 1.82) is 0 Å². The summed E-state index contributed by atoms with van der Waals surface area (Å²) >= 11 is 5.45. The van der Waals surface area contributed by atoms with Crippen LogP contribution in [0.4, 0.5) is 8.78 Å². The number of nitrogens with zero attached hydrogens (tertiary/aromatic N) is 1. The van der Waals surface area contributed by atoms with Gasteiger partial charge in [-0.3, -0.25) is 4.79 Å². The van der Waals surface area contributed by atoms with Crippen LogP contribution in [0.25, 0.3) is 0 Å². The SMILES string of the molecule is COC(=O)Cc1nc(C(F)F)c(Cl)cc1O. The maximum atomic E-state index is 12.4. The van der Waals surface area contributed by atoms with Crippen LogP contribution < -0.4 is 0 Å². The summed E-state index contributed by atoms with van der Waals surface area (Å²) in [7, 11) is 1.14. The highest BCUT2D eigenvalue weighted by Crippen LogP contribution is 2.30. The predicted molar refractivity (Wildman–Crippen MR) is 51.6 cm³/mol. The molecule has 1 aromatic heterocycles. The van der Waals surface area contributed by atoms with E-state index in [1.807, 2.05) is 0 Å². The number of esters is 1. The topological polar surface area (TPSA) is 59.4 Å². The molecule has 0 aliphatic rings. The number of carbonyl (C=O) groups excluding carboxylic acids is 1. The van der Waals surface area contributed by atoms with Crippen molar-refractivity contribution < 1.29 is 23.4 Å². The monoisotopic (exact) mass is 251 g/mol. The standard InChI is InChI=1S/C9H8ClF2NO3/c1-16-7(15)3-5-6(14)2-4(10)8(13-5)9(11)12/h2,9,14H,3H2,1H3. The van der Waals surface area contributed by atoms with E-state index in [4.69, 9.17) is 11.6 Å². The molecule has 0 bridgehead atoms. The van der Waals surface area contributed by atoms with Crippen LogP contribution in [0.2, 0.25) is 5.02 Å². The van der Waals surface area contributed by atoms with Crippen molar-refractivity contribution in [3.8, 4) is 5.75 Å². The van der Waals surface area contributed by atoms with Gasteiger partial charge in [0.05, 0.1) is 24.2 Å². The third kappa shape index (κ3) is 2.79. The highest BCUT2D eigenvalue weighted by molar-refractivity contribution is 6.31. The van der Waals surface area contributed by atoms with Crippen LogP contribution >= 0.6 is 11.6 Å². The fourth-order valence-electron chi connectivity index (χ4n) is 1.03. The Bertz CT molecular complexity index is 412. The average molecular weight is 252 g/mol. The van der Waals surface area contributed by atoms with Crippen molar-refractivity contribution in [1.82, 2.24) is 4.98 Å². The summed E-state index contributed by atoms with van der Waals surface area (Å²) < 4.78 is 29.2. The van der Waals surface area contributed by atoms with Crippen LogP contribution in [0.5, 0.6) is 5.75 Å². The average Bonchev–Trinajstić information content (AvgIpc) is 2.21. The largest absolute Gasteiger partial charge is 0.506 e. The Hall–Kier alpha value is -1.43. The number of hydrogen-bond acceptors (Lipinski definition) is 4. The molecule has 0 aliphatic heterocycles. The molecule has 4 nitrogen and oxygen atoms in total. The quantitative estimate of drug-likeness (QED) is 0.836. The van der Waals surface area contributed by atoms with Crippen LogP contribution in [0, 0.1) is 0 Å². The number of hydrogen-bond donors (Lipinski definition) is 1. The van der Waals surface area contributed by atoms with E-state index in [-0.39, 0.29) is 17.1 Å². The lowest BCUT2D eigenvalue weighted by Crippen LogP contribution is -2.08. The molecule has 7 heteroatoms. The second kappa shape index (κ2) is 5.07. The Balaban J connectivity index is 3.09. The molecule has 1 aromatic rings. The van der Waals surface area contributed by atoms with E-state index in [9.17, 15) is 18.7 Å². The minimum atomic E-state index is -2.87. The van der Waals surface area contributed by atoms with Crippen molar-refractivity contribution in [2.45, 2.75) is 12.8 Å². The van der Waals surface area contributed by atoms with Gasteiger partial charge >= 0.3 is 5.97 Å². The smallest absolute Gasteiger partial charge is 0.311 e. The molecule has 0 unspecified atom stereocenters. The van der Waals surface area contributed by atoms with Crippen LogP contribution in [-0.2, 0) is 16.0 Å². The lowest BCUT2D eigenvalue weighted by atomic mass is 10.2. The zero-order chi connectivity index (χ0) is 12.3. The molecule has 0 saturated carbocycles. The number of methoxy groups -OCH3 is 1. The van der Waals surface area contributed by atoms with E-state index < -0.39 is 23.8 Å². The van der Waals surface area contributed by atoms with Gasteiger partial charge in [0.25, 0.3) is 6.43 Å². The fourth-order valence-corrected chi connectivity index (χ4v) is 1.25. The molecule has 0 spiro atoms. The fraction of sp³-hybridized carbons (Fsp3) is 0.333. The number of halogens is 3. The molecule has 1 heterocycles. The number of alkyl halides is 2. The first-order chi connectivity index (χ1) is 7.45. The number of ether oxygens (including phenoxy) is 1. The zero-order valence-corrected chi connectivity index (χ0v) is 8.96. The number of pyridine rings is 1. The molecule has 1 rings (SSSR count). The first-order valence-corrected chi connectivity index (χ1v) is 4.56. The molecular weight excluding hydrogens is 244 g/mol. The number of aromatic hydroxyl groups is 1. The van der Waals surface area contributed by atoms with Gasteiger partial charge in [-0.05, 0) is 0 Å². The summed E-state index contributed by atoms with van der Waals surface area (Å²) in [6.07, 6.45) is -3.26. The van der Waals surface area contributed by atoms with Gasteiger partial charge in [0.2, 0.25) is 0 Å². The molecular formula is C9H8ClF2NO3. The van der Waals surface area contributed by atoms with Crippen molar-refractivity contribution in [3.63, 3.8) is 0 Å². The van der Waals surface area contributed by atoms with Crippen molar-refractivity contribution in [2.75, 3.05) is 7.11 Å². The highest BCUT2D eigenvalue weighted by Gasteiger charge is 2.19. The molecule has 0 aromatic carbocycles. The third-order valence-corrected chi connectivity index (χ3v) is 2.11. The predicted octanol–water partition coefficient (Wildman–Crippen LogP) is 2.09. The molecule has 0 amide bonds. The van der Waals surface area contributed by atoms with E-state index in [0.717, 1.165) is 13.2 Å². The number of carbonyl (C=O) groups is 1. The van der Waals surface area contributed by atoms with Crippen molar-refractivity contribution in [2.24, 2.45) is 0 Å². The Morgan fingerprint density at radius 3 is 2.81 bits per heavy atom. The normalized spacial score (nSPS) is 10.6. The summed E-state index contributed by atoms with van der Waals surface area (Å²) in [6, 6.07) is 0.925. The van der Waals surface area contributed by atoms with Crippen molar-refractivity contribution in [3.05, 3.63) is 22.5 Å². The van der Waals surface area contributed by atoms with E-state index in [2.05, 4.69) is 9.72 Å². The Kier molecular flexibility index (Phi) is 4.00.